The van der Waals surface area contributed by atoms with E-state index in [1.165, 1.54) is 135 Å². The van der Waals surface area contributed by atoms with Crippen molar-refractivity contribution in [2.24, 2.45) is 0 Å². The van der Waals surface area contributed by atoms with Crippen molar-refractivity contribution in [2.45, 2.75) is 179 Å². The van der Waals surface area contributed by atoms with Gasteiger partial charge in [0.15, 0.2) is 0 Å². The van der Waals surface area contributed by atoms with Gasteiger partial charge in [-0.2, -0.15) is 0 Å². The second-order valence-corrected chi connectivity index (χ2v) is 10.5. The first kappa shape index (κ1) is 30.0. The van der Waals surface area contributed by atoms with Crippen molar-refractivity contribution >= 4 is 0 Å². The highest BCUT2D eigenvalue weighted by Gasteiger charge is 2.10. The van der Waals surface area contributed by atoms with Gasteiger partial charge < -0.3 is 4.74 Å². The number of ether oxygens (including phenoxy) is 1. The van der Waals surface area contributed by atoms with E-state index in [0.29, 0.717) is 6.10 Å². The van der Waals surface area contributed by atoms with E-state index in [4.69, 9.17) is 4.74 Å². The lowest BCUT2D eigenvalue weighted by Crippen LogP contribution is -2.14. The summed E-state index contributed by atoms with van der Waals surface area (Å²) in [7, 11) is 0. The lowest BCUT2D eigenvalue weighted by Gasteiger charge is -2.18. The van der Waals surface area contributed by atoms with Crippen LogP contribution in [0.5, 0.6) is 0 Å². The molecule has 0 aromatic heterocycles. The third kappa shape index (κ3) is 20.5. The van der Waals surface area contributed by atoms with Crippen LogP contribution in [0.1, 0.15) is 167 Å². The van der Waals surface area contributed by atoms with Crippen LogP contribution in [0.3, 0.4) is 0 Å². The maximum absolute atomic E-state index is 12.0. The first-order valence-electron chi connectivity index (χ1n) is 14.9. The van der Waals surface area contributed by atoms with Crippen LogP contribution in [0.2, 0.25) is 0 Å². The summed E-state index contributed by atoms with van der Waals surface area (Å²) < 4.78 is 6.37. The molecule has 2 radical (unpaired) electrons. The highest BCUT2D eigenvalue weighted by molar-refractivity contribution is 4.62. The molecule has 32 heavy (non-hydrogen) atoms. The van der Waals surface area contributed by atoms with Crippen LogP contribution in [0.25, 0.3) is 0 Å². The lowest BCUT2D eigenvalue weighted by molar-refractivity contribution is 0.0356. The summed E-state index contributed by atoms with van der Waals surface area (Å²) in [6.07, 6.45) is 33.4. The number of unbranched alkanes of at least 4 members (excludes halogenated alkanes) is 9. The zero-order valence-electron chi connectivity index (χ0n) is 21.8. The summed E-state index contributed by atoms with van der Waals surface area (Å²) in [6, 6.07) is 0. The Morgan fingerprint density at radius 3 is 1.34 bits per heavy atom. The molecule has 1 saturated carbocycles. The molecule has 0 saturated heterocycles. The van der Waals surface area contributed by atoms with Crippen molar-refractivity contribution in [3.05, 3.63) is 6.92 Å². The van der Waals surface area contributed by atoms with Crippen LogP contribution in [0.15, 0.2) is 0 Å². The molecule has 0 atom stereocenters. The molecule has 0 aromatic carbocycles. The predicted molar refractivity (Wildman–Crippen MR) is 140 cm³/mol. The Labute approximate surface area is 202 Å². The van der Waals surface area contributed by atoms with E-state index in [-0.39, 0.29) is 6.10 Å². The van der Waals surface area contributed by atoms with Crippen LogP contribution in [-0.2, 0) is 9.84 Å². The molecule has 1 rings (SSSR count). The highest BCUT2D eigenvalue weighted by atomic mass is 16.5. The van der Waals surface area contributed by atoms with Crippen molar-refractivity contribution in [2.75, 3.05) is 6.61 Å². The molecule has 0 amide bonds. The number of hydrogen-bond donors (Lipinski definition) is 0. The van der Waals surface area contributed by atoms with Gasteiger partial charge in [0.05, 0.1) is 12.2 Å². The molecule has 0 aromatic rings. The van der Waals surface area contributed by atoms with E-state index in [0.717, 1.165) is 38.7 Å². The summed E-state index contributed by atoms with van der Waals surface area (Å²) in [5.41, 5.74) is 0. The Morgan fingerprint density at radius 1 is 0.500 bits per heavy atom. The van der Waals surface area contributed by atoms with Crippen LogP contribution in [0, 0.1) is 6.92 Å². The van der Waals surface area contributed by atoms with Gasteiger partial charge in [0.25, 0.3) is 0 Å². The van der Waals surface area contributed by atoms with Crippen molar-refractivity contribution < 1.29 is 9.84 Å². The zero-order chi connectivity index (χ0) is 23.0. The molecule has 0 bridgehead atoms. The molecule has 0 spiro atoms. The van der Waals surface area contributed by atoms with Gasteiger partial charge in [-0.05, 0) is 32.1 Å². The molecular formula is C30H58O2. The van der Waals surface area contributed by atoms with E-state index in [9.17, 15) is 5.11 Å². The highest BCUT2D eigenvalue weighted by Crippen LogP contribution is 2.19. The fraction of sp³-hybridized carbons (Fsp3) is 0.967. The summed E-state index contributed by atoms with van der Waals surface area (Å²) in [5, 5.41) is 12.0. The first-order valence-corrected chi connectivity index (χ1v) is 14.9. The Hall–Kier alpha value is -0.0800. The zero-order valence-corrected chi connectivity index (χ0v) is 21.8. The fourth-order valence-electron chi connectivity index (χ4n) is 5.12. The quantitative estimate of drug-likeness (QED) is 0.272. The molecule has 2 nitrogen and oxygen atoms in total. The van der Waals surface area contributed by atoms with Gasteiger partial charge in [-0.3, -0.25) is 0 Å². The van der Waals surface area contributed by atoms with E-state index in [1.807, 2.05) is 0 Å². The summed E-state index contributed by atoms with van der Waals surface area (Å²) in [4.78, 5) is 0. The Kier molecular flexibility index (Phi) is 22.5. The van der Waals surface area contributed by atoms with E-state index in [2.05, 4.69) is 6.92 Å². The molecule has 0 N–H and O–H groups in total. The number of rotatable bonds is 12. The lowest BCUT2D eigenvalue weighted by atomic mass is 9.99. The van der Waals surface area contributed by atoms with Crippen molar-refractivity contribution in [3.8, 4) is 0 Å². The summed E-state index contributed by atoms with van der Waals surface area (Å²) >= 11 is 0. The van der Waals surface area contributed by atoms with Crippen LogP contribution in [-0.4, -0.2) is 18.8 Å². The van der Waals surface area contributed by atoms with Gasteiger partial charge in [0.2, 0.25) is 0 Å². The van der Waals surface area contributed by atoms with E-state index < -0.39 is 0 Å². The second kappa shape index (κ2) is 24.1. The molecule has 0 heterocycles. The van der Waals surface area contributed by atoms with Crippen LogP contribution < -0.4 is 0 Å². The number of hydrogen-bond acceptors (Lipinski definition) is 1. The maximum atomic E-state index is 12.0. The fourth-order valence-corrected chi connectivity index (χ4v) is 5.12. The minimum absolute atomic E-state index is 0.291. The average molecular weight is 451 g/mol. The molecular weight excluding hydrogens is 392 g/mol. The van der Waals surface area contributed by atoms with Gasteiger partial charge in [-0.15, -0.1) is 0 Å². The molecule has 1 aliphatic carbocycles. The SMILES string of the molecule is [CH2]CCCCCCCCCCCOC1CCCCCCCCC([O])CCCCCCCC1. The predicted octanol–water partition coefficient (Wildman–Crippen LogP) is 10.2. The van der Waals surface area contributed by atoms with Crippen molar-refractivity contribution in [1.29, 1.82) is 0 Å². The molecule has 1 fully saturated rings. The Balaban J connectivity index is 2.11. The smallest absolute Gasteiger partial charge is 0.0930 e. The van der Waals surface area contributed by atoms with Crippen LogP contribution in [0.4, 0.5) is 0 Å². The Bertz CT molecular complexity index is 337. The van der Waals surface area contributed by atoms with Gasteiger partial charge in [0.1, 0.15) is 0 Å². The normalized spacial score (nSPS) is 23.4. The topological polar surface area (TPSA) is 29.1 Å². The van der Waals surface area contributed by atoms with Gasteiger partial charge in [0, 0.05) is 6.61 Å². The van der Waals surface area contributed by atoms with Crippen molar-refractivity contribution in [3.63, 3.8) is 0 Å². The van der Waals surface area contributed by atoms with E-state index >= 15 is 0 Å². The minimum Gasteiger partial charge on any atom is -0.378 e. The molecule has 1 aliphatic rings. The molecule has 0 aliphatic heterocycles. The maximum Gasteiger partial charge on any atom is 0.0930 e. The van der Waals surface area contributed by atoms with Gasteiger partial charge in [-0.1, -0.05) is 142 Å². The van der Waals surface area contributed by atoms with Crippen LogP contribution >= 0.6 is 0 Å². The average Bonchev–Trinajstić information content (AvgIpc) is 2.79. The van der Waals surface area contributed by atoms with Crippen molar-refractivity contribution in [1.82, 2.24) is 0 Å². The summed E-state index contributed by atoms with van der Waals surface area (Å²) in [5.74, 6) is 0. The van der Waals surface area contributed by atoms with E-state index in [1.54, 1.807) is 0 Å². The van der Waals surface area contributed by atoms with Gasteiger partial charge in [-0.25, -0.2) is 5.11 Å². The third-order valence-corrected chi connectivity index (χ3v) is 7.35. The minimum atomic E-state index is -0.291. The summed E-state index contributed by atoms with van der Waals surface area (Å²) in [6.45, 7) is 4.90. The van der Waals surface area contributed by atoms with Gasteiger partial charge >= 0.3 is 0 Å². The molecule has 2 heteroatoms. The monoisotopic (exact) mass is 450 g/mol. The standard InChI is InChI=1S/C30H58O2/c1-2-3-4-5-6-7-8-13-18-23-28-32-30-26-21-16-11-9-14-19-24-29(31)25-20-15-10-12-17-22-27-30/h29-30H,1-28H2. The second-order valence-electron chi connectivity index (χ2n) is 10.5. The molecule has 190 valence electrons. The third-order valence-electron chi connectivity index (χ3n) is 7.35. The Morgan fingerprint density at radius 2 is 0.875 bits per heavy atom. The first-order chi connectivity index (χ1) is 15.8. The largest absolute Gasteiger partial charge is 0.378 e. The molecule has 0 unspecified atom stereocenters.